The molecule has 0 aliphatic carbocycles. The second kappa shape index (κ2) is 6.74. The molecule has 0 spiro atoms. The molecule has 0 radical (unpaired) electrons. The Balaban J connectivity index is 2.60. The molecule has 3 nitrogen and oxygen atoms in total. The second-order valence-corrected chi connectivity index (χ2v) is 3.77. The summed E-state index contributed by atoms with van der Waals surface area (Å²) in [6.45, 7) is 3.85. The molecule has 1 aromatic carbocycles. The molecular formula is C14H18O3. The van der Waals surface area contributed by atoms with Crippen LogP contribution in [0.2, 0.25) is 0 Å². The molecule has 0 heterocycles. The van der Waals surface area contributed by atoms with Gasteiger partial charge in [-0.2, -0.15) is 0 Å². The molecule has 0 N–H and O–H groups in total. The fraction of sp³-hybridized carbons (Fsp3) is 0.357. The SMILES string of the molecule is CCC(C)OC(=O)/C=C/c1cccc(OC)c1. The minimum Gasteiger partial charge on any atom is -0.497 e. The molecule has 0 aromatic heterocycles. The summed E-state index contributed by atoms with van der Waals surface area (Å²) >= 11 is 0. The van der Waals surface area contributed by atoms with E-state index in [0.717, 1.165) is 17.7 Å². The molecule has 0 aliphatic rings. The van der Waals surface area contributed by atoms with Gasteiger partial charge in [0.05, 0.1) is 13.2 Å². The number of hydrogen-bond donors (Lipinski definition) is 0. The van der Waals surface area contributed by atoms with Gasteiger partial charge in [-0.05, 0) is 37.1 Å². The zero-order valence-corrected chi connectivity index (χ0v) is 10.5. The van der Waals surface area contributed by atoms with Gasteiger partial charge >= 0.3 is 5.97 Å². The van der Waals surface area contributed by atoms with E-state index in [2.05, 4.69) is 0 Å². The number of rotatable bonds is 5. The van der Waals surface area contributed by atoms with Crippen molar-refractivity contribution in [1.82, 2.24) is 0 Å². The summed E-state index contributed by atoms with van der Waals surface area (Å²) in [5, 5.41) is 0. The zero-order chi connectivity index (χ0) is 12.7. The van der Waals surface area contributed by atoms with Gasteiger partial charge in [0.25, 0.3) is 0 Å². The average Bonchev–Trinajstić information content (AvgIpc) is 2.36. The first-order valence-corrected chi connectivity index (χ1v) is 5.68. The van der Waals surface area contributed by atoms with Gasteiger partial charge in [-0.3, -0.25) is 0 Å². The first-order chi connectivity index (χ1) is 8.15. The second-order valence-electron chi connectivity index (χ2n) is 3.77. The van der Waals surface area contributed by atoms with E-state index < -0.39 is 0 Å². The molecule has 1 rings (SSSR count). The first kappa shape index (κ1) is 13.3. The number of carbonyl (C=O) groups excluding carboxylic acids is 1. The predicted octanol–water partition coefficient (Wildman–Crippen LogP) is 3.05. The van der Waals surface area contributed by atoms with Crippen LogP contribution in [0.4, 0.5) is 0 Å². The lowest BCUT2D eigenvalue weighted by Crippen LogP contribution is -2.11. The Hall–Kier alpha value is -1.77. The smallest absolute Gasteiger partial charge is 0.331 e. The molecule has 0 saturated carbocycles. The number of ether oxygens (including phenoxy) is 2. The van der Waals surface area contributed by atoms with Crippen LogP contribution in [0, 0.1) is 0 Å². The first-order valence-electron chi connectivity index (χ1n) is 5.68. The average molecular weight is 234 g/mol. The summed E-state index contributed by atoms with van der Waals surface area (Å²) < 4.78 is 10.2. The lowest BCUT2D eigenvalue weighted by Gasteiger charge is -2.07. The minimum atomic E-state index is -0.317. The van der Waals surface area contributed by atoms with Crippen molar-refractivity contribution in [3.63, 3.8) is 0 Å². The third kappa shape index (κ3) is 4.72. The topological polar surface area (TPSA) is 35.5 Å². The predicted molar refractivity (Wildman–Crippen MR) is 67.9 cm³/mol. The van der Waals surface area contributed by atoms with Crippen LogP contribution in [0.1, 0.15) is 25.8 Å². The highest BCUT2D eigenvalue weighted by Gasteiger charge is 2.03. The van der Waals surface area contributed by atoms with Crippen LogP contribution in [-0.4, -0.2) is 19.2 Å². The van der Waals surface area contributed by atoms with Gasteiger partial charge in [-0.1, -0.05) is 19.1 Å². The quantitative estimate of drug-likeness (QED) is 0.580. The van der Waals surface area contributed by atoms with Crippen molar-refractivity contribution in [3.8, 4) is 5.75 Å². The standard InChI is InChI=1S/C14H18O3/c1-4-11(2)17-14(15)9-8-12-6-5-7-13(10-12)16-3/h5-11H,4H2,1-3H3/b9-8+. The maximum atomic E-state index is 11.4. The normalized spacial score (nSPS) is 12.4. The van der Waals surface area contributed by atoms with Gasteiger partial charge in [-0.15, -0.1) is 0 Å². The zero-order valence-electron chi connectivity index (χ0n) is 10.5. The van der Waals surface area contributed by atoms with Gasteiger partial charge in [0.2, 0.25) is 0 Å². The number of methoxy groups -OCH3 is 1. The Morgan fingerprint density at radius 3 is 2.88 bits per heavy atom. The third-order valence-electron chi connectivity index (χ3n) is 2.40. The monoisotopic (exact) mass is 234 g/mol. The third-order valence-corrected chi connectivity index (χ3v) is 2.40. The van der Waals surface area contributed by atoms with Crippen molar-refractivity contribution < 1.29 is 14.3 Å². The molecule has 92 valence electrons. The Morgan fingerprint density at radius 1 is 1.47 bits per heavy atom. The maximum Gasteiger partial charge on any atom is 0.331 e. The number of carbonyl (C=O) groups is 1. The van der Waals surface area contributed by atoms with Crippen LogP contribution >= 0.6 is 0 Å². The van der Waals surface area contributed by atoms with E-state index in [4.69, 9.17) is 9.47 Å². The lowest BCUT2D eigenvalue weighted by atomic mass is 10.2. The van der Waals surface area contributed by atoms with Crippen LogP contribution in [0.15, 0.2) is 30.3 Å². The fourth-order valence-electron chi connectivity index (χ4n) is 1.23. The molecule has 0 amide bonds. The van der Waals surface area contributed by atoms with Gasteiger partial charge in [0, 0.05) is 6.08 Å². The van der Waals surface area contributed by atoms with Gasteiger partial charge in [0.1, 0.15) is 5.75 Å². The van der Waals surface area contributed by atoms with Crippen LogP contribution < -0.4 is 4.74 Å². The van der Waals surface area contributed by atoms with E-state index in [1.165, 1.54) is 6.08 Å². The van der Waals surface area contributed by atoms with E-state index in [0.29, 0.717) is 0 Å². The van der Waals surface area contributed by atoms with Crippen molar-refractivity contribution in [2.45, 2.75) is 26.4 Å². The van der Waals surface area contributed by atoms with Crippen LogP contribution in [0.5, 0.6) is 5.75 Å². The molecule has 17 heavy (non-hydrogen) atoms. The summed E-state index contributed by atoms with van der Waals surface area (Å²) in [5.41, 5.74) is 0.908. The van der Waals surface area contributed by atoms with E-state index in [1.54, 1.807) is 13.2 Å². The summed E-state index contributed by atoms with van der Waals surface area (Å²) in [4.78, 5) is 11.4. The Labute approximate surface area is 102 Å². The highest BCUT2D eigenvalue weighted by molar-refractivity contribution is 5.87. The van der Waals surface area contributed by atoms with Crippen LogP contribution in [0.25, 0.3) is 6.08 Å². The van der Waals surface area contributed by atoms with E-state index in [1.807, 2.05) is 38.1 Å². The summed E-state index contributed by atoms with van der Waals surface area (Å²) in [6.07, 6.45) is 3.92. The van der Waals surface area contributed by atoms with Gasteiger partial charge < -0.3 is 9.47 Å². The number of benzene rings is 1. The largest absolute Gasteiger partial charge is 0.497 e. The Kier molecular flexibility index (Phi) is 5.27. The van der Waals surface area contributed by atoms with Crippen LogP contribution in [0.3, 0.4) is 0 Å². The lowest BCUT2D eigenvalue weighted by molar-refractivity contribution is -0.142. The number of hydrogen-bond acceptors (Lipinski definition) is 3. The molecule has 0 saturated heterocycles. The molecule has 1 aromatic rings. The van der Waals surface area contributed by atoms with Crippen molar-refractivity contribution in [3.05, 3.63) is 35.9 Å². The minimum absolute atomic E-state index is 0.0440. The van der Waals surface area contributed by atoms with E-state index >= 15 is 0 Å². The molecule has 3 heteroatoms. The number of esters is 1. The Morgan fingerprint density at radius 2 is 2.24 bits per heavy atom. The fourth-order valence-corrected chi connectivity index (χ4v) is 1.23. The van der Waals surface area contributed by atoms with Crippen molar-refractivity contribution in [2.24, 2.45) is 0 Å². The summed E-state index contributed by atoms with van der Waals surface area (Å²) in [7, 11) is 1.61. The highest BCUT2D eigenvalue weighted by Crippen LogP contribution is 2.13. The van der Waals surface area contributed by atoms with Gasteiger partial charge in [0.15, 0.2) is 0 Å². The summed E-state index contributed by atoms with van der Waals surface area (Å²) in [5.74, 6) is 0.449. The molecule has 1 unspecified atom stereocenters. The van der Waals surface area contributed by atoms with E-state index in [9.17, 15) is 4.79 Å². The highest BCUT2D eigenvalue weighted by atomic mass is 16.5. The van der Waals surface area contributed by atoms with Gasteiger partial charge in [-0.25, -0.2) is 4.79 Å². The Bertz CT molecular complexity index is 396. The maximum absolute atomic E-state index is 11.4. The molecular weight excluding hydrogens is 216 g/mol. The molecule has 0 fully saturated rings. The van der Waals surface area contributed by atoms with Crippen molar-refractivity contribution in [2.75, 3.05) is 7.11 Å². The van der Waals surface area contributed by atoms with Crippen molar-refractivity contribution in [1.29, 1.82) is 0 Å². The molecule has 0 aliphatic heterocycles. The van der Waals surface area contributed by atoms with E-state index in [-0.39, 0.29) is 12.1 Å². The van der Waals surface area contributed by atoms with Crippen LogP contribution in [-0.2, 0) is 9.53 Å². The molecule has 0 bridgehead atoms. The van der Waals surface area contributed by atoms with Crippen molar-refractivity contribution >= 4 is 12.0 Å². The molecule has 1 atom stereocenters. The summed E-state index contributed by atoms with van der Waals surface area (Å²) in [6, 6.07) is 7.48.